The van der Waals surface area contributed by atoms with Gasteiger partial charge in [-0.1, -0.05) is 6.07 Å². The fourth-order valence-corrected chi connectivity index (χ4v) is 2.12. The number of hydrogen-bond acceptors (Lipinski definition) is 4. The molecule has 0 saturated carbocycles. The Morgan fingerprint density at radius 3 is 3.00 bits per heavy atom. The van der Waals surface area contributed by atoms with Crippen molar-refractivity contribution in [1.29, 1.82) is 0 Å². The van der Waals surface area contributed by atoms with Crippen LogP contribution in [0, 0.1) is 6.92 Å². The van der Waals surface area contributed by atoms with Crippen LogP contribution in [0.1, 0.15) is 20.9 Å². The standard InChI is InChI=1S/C12H12N2O2S/c1-8-11(17-7-14-8)6-13-12(16)9-3-2-4-10(15)5-9/h2-5,7,15H,6H2,1H3,(H,13,16). The Morgan fingerprint density at radius 2 is 2.35 bits per heavy atom. The van der Waals surface area contributed by atoms with Gasteiger partial charge in [-0.15, -0.1) is 11.3 Å². The number of nitrogens with one attached hydrogen (secondary N) is 1. The fraction of sp³-hybridized carbons (Fsp3) is 0.167. The van der Waals surface area contributed by atoms with Gasteiger partial charge in [0.25, 0.3) is 5.91 Å². The zero-order valence-corrected chi connectivity index (χ0v) is 10.1. The van der Waals surface area contributed by atoms with Crippen LogP contribution in [0.5, 0.6) is 5.75 Å². The van der Waals surface area contributed by atoms with Crippen molar-refractivity contribution in [3.05, 3.63) is 45.9 Å². The summed E-state index contributed by atoms with van der Waals surface area (Å²) in [5, 5.41) is 12.1. The molecule has 0 atom stereocenters. The molecule has 0 aliphatic heterocycles. The fourth-order valence-electron chi connectivity index (χ4n) is 1.41. The molecule has 1 aromatic heterocycles. The maximum Gasteiger partial charge on any atom is 0.251 e. The van der Waals surface area contributed by atoms with E-state index in [0.717, 1.165) is 10.6 Å². The van der Waals surface area contributed by atoms with Crippen LogP contribution < -0.4 is 5.32 Å². The van der Waals surface area contributed by atoms with E-state index in [0.29, 0.717) is 12.1 Å². The molecule has 4 nitrogen and oxygen atoms in total. The normalized spacial score (nSPS) is 10.2. The van der Waals surface area contributed by atoms with Crippen molar-refractivity contribution in [2.45, 2.75) is 13.5 Å². The Hall–Kier alpha value is -1.88. The van der Waals surface area contributed by atoms with E-state index in [1.54, 1.807) is 17.6 Å². The lowest BCUT2D eigenvalue weighted by Gasteiger charge is -2.04. The molecule has 17 heavy (non-hydrogen) atoms. The van der Waals surface area contributed by atoms with Crippen LogP contribution in [-0.4, -0.2) is 16.0 Å². The summed E-state index contributed by atoms with van der Waals surface area (Å²) in [6.07, 6.45) is 0. The van der Waals surface area contributed by atoms with Crippen molar-refractivity contribution < 1.29 is 9.90 Å². The molecule has 0 radical (unpaired) electrons. The molecule has 2 aromatic rings. The number of rotatable bonds is 3. The van der Waals surface area contributed by atoms with Crippen molar-refractivity contribution in [1.82, 2.24) is 10.3 Å². The number of aryl methyl sites for hydroxylation is 1. The zero-order valence-electron chi connectivity index (χ0n) is 9.30. The van der Waals surface area contributed by atoms with Crippen LogP contribution in [0.25, 0.3) is 0 Å². The summed E-state index contributed by atoms with van der Waals surface area (Å²) < 4.78 is 0. The van der Waals surface area contributed by atoms with E-state index in [9.17, 15) is 9.90 Å². The first-order valence-electron chi connectivity index (χ1n) is 5.13. The molecular weight excluding hydrogens is 236 g/mol. The zero-order chi connectivity index (χ0) is 12.3. The summed E-state index contributed by atoms with van der Waals surface area (Å²) >= 11 is 1.51. The molecule has 5 heteroatoms. The molecule has 88 valence electrons. The van der Waals surface area contributed by atoms with Gasteiger partial charge in [-0.2, -0.15) is 0 Å². The van der Waals surface area contributed by atoms with Crippen LogP contribution in [0.2, 0.25) is 0 Å². The Kier molecular flexibility index (Phi) is 3.39. The van der Waals surface area contributed by atoms with E-state index in [-0.39, 0.29) is 11.7 Å². The van der Waals surface area contributed by atoms with Gasteiger partial charge in [-0.05, 0) is 25.1 Å². The molecular formula is C12H12N2O2S. The van der Waals surface area contributed by atoms with E-state index in [1.807, 2.05) is 6.92 Å². The first-order valence-corrected chi connectivity index (χ1v) is 6.01. The van der Waals surface area contributed by atoms with E-state index in [2.05, 4.69) is 10.3 Å². The Morgan fingerprint density at radius 1 is 1.53 bits per heavy atom. The second kappa shape index (κ2) is 4.97. The van der Waals surface area contributed by atoms with Gasteiger partial charge in [0.1, 0.15) is 5.75 Å². The maximum absolute atomic E-state index is 11.8. The van der Waals surface area contributed by atoms with Crippen molar-refractivity contribution in [2.24, 2.45) is 0 Å². The number of aromatic hydroxyl groups is 1. The number of benzene rings is 1. The quantitative estimate of drug-likeness (QED) is 0.874. The monoisotopic (exact) mass is 248 g/mol. The molecule has 0 aliphatic carbocycles. The SMILES string of the molecule is Cc1ncsc1CNC(=O)c1cccc(O)c1. The number of carbonyl (C=O) groups excluding carboxylic acids is 1. The van der Waals surface area contributed by atoms with Crippen LogP contribution in [-0.2, 0) is 6.54 Å². The summed E-state index contributed by atoms with van der Waals surface area (Å²) in [5.41, 5.74) is 3.14. The average molecular weight is 248 g/mol. The van der Waals surface area contributed by atoms with Gasteiger partial charge in [0.15, 0.2) is 0 Å². The summed E-state index contributed by atoms with van der Waals surface area (Å²) in [7, 11) is 0. The average Bonchev–Trinajstić information content (AvgIpc) is 2.72. The molecule has 0 aliphatic rings. The van der Waals surface area contributed by atoms with Gasteiger partial charge < -0.3 is 10.4 Å². The third kappa shape index (κ3) is 2.82. The van der Waals surface area contributed by atoms with Gasteiger partial charge in [-0.25, -0.2) is 4.98 Å². The highest BCUT2D eigenvalue weighted by molar-refractivity contribution is 7.09. The van der Waals surface area contributed by atoms with Gasteiger partial charge >= 0.3 is 0 Å². The van der Waals surface area contributed by atoms with Gasteiger partial charge in [0.2, 0.25) is 0 Å². The minimum atomic E-state index is -0.200. The minimum absolute atomic E-state index is 0.0895. The number of carbonyl (C=O) groups is 1. The second-order valence-corrected chi connectivity index (χ2v) is 4.53. The number of thiazole rings is 1. The van der Waals surface area contributed by atoms with Crippen LogP contribution >= 0.6 is 11.3 Å². The first-order chi connectivity index (χ1) is 8.16. The molecule has 2 N–H and O–H groups in total. The largest absolute Gasteiger partial charge is 0.508 e. The number of amides is 1. The molecule has 0 spiro atoms. The summed E-state index contributed by atoms with van der Waals surface area (Å²) in [5.74, 6) is -0.111. The molecule has 0 saturated heterocycles. The van der Waals surface area contributed by atoms with Gasteiger partial charge in [-0.3, -0.25) is 4.79 Å². The lowest BCUT2D eigenvalue weighted by Crippen LogP contribution is -2.22. The van der Waals surface area contributed by atoms with E-state index >= 15 is 0 Å². The summed E-state index contributed by atoms with van der Waals surface area (Å²) in [6.45, 7) is 2.37. The molecule has 1 aromatic carbocycles. The van der Waals surface area contributed by atoms with Crippen molar-refractivity contribution in [2.75, 3.05) is 0 Å². The Labute approximate surface area is 103 Å². The third-order valence-corrected chi connectivity index (χ3v) is 3.30. The van der Waals surface area contributed by atoms with Crippen molar-refractivity contribution >= 4 is 17.2 Å². The Balaban J connectivity index is 2.01. The highest BCUT2D eigenvalue weighted by Gasteiger charge is 2.07. The van der Waals surface area contributed by atoms with Crippen LogP contribution in [0.3, 0.4) is 0 Å². The second-order valence-electron chi connectivity index (χ2n) is 3.59. The predicted octanol–water partition coefficient (Wildman–Crippen LogP) is 2.09. The van der Waals surface area contributed by atoms with E-state index in [1.165, 1.54) is 23.5 Å². The van der Waals surface area contributed by atoms with Crippen molar-refractivity contribution in [3.63, 3.8) is 0 Å². The van der Waals surface area contributed by atoms with E-state index in [4.69, 9.17) is 0 Å². The lowest BCUT2D eigenvalue weighted by molar-refractivity contribution is 0.0951. The summed E-state index contributed by atoms with van der Waals surface area (Å²) in [4.78, 5) is 16.9. The smallest absolute Gasteiger partial charge is 0.251 e. The topological polar surface area (TPSA) is 62.2 Å². The third-order valence-electron chi connectivity index (χ3n) is 2.36. The molecule has 0 fully saturated rings. The number of phenolic OH excluding ortho intramolecular Hbond substituents is 1. The van der Waals surface area contributed by atoms with Crippen molar-refractivity contribution in [3.8, 4) is 5.75 Å². The molecule has 1 amide bonds. The number of aromatic nitrogens is 1. The number of phenols is 1. The number of hydrogen-bond donors (Lipinski definition) is 2. The molecule has 2 rings (SSSR count). The van der Waals surface area contributed by atoms with Gasteiger partial charge in [0.05, 0.1) is 17.7 Å². The summed E-state index contributed by atoms with van der Waals surface area (Å²) in [6, 6.07) is 6.27. The predicted molar refractivity (Wildman–Crippen MR) is 66.1 cm³/mol. The van der Waals surface area contributed by atoms with Crippen LogP contribution in [0.15, 0.2) is 29.8 Å². The minimum Gasteiger partial charge on any atom is -0.508 e. The van der Waals surface area contributed by atoms with Gasteiger partial charge in [0, 0.05) is 10.4 Å². The molecule has 0 unspecified atom stereocenters. The highest BCUT2D eigenvalue weighted by Crippen LogP contribution is 2.13. The highest BCUT2D eigenvalue weighted by atomic mass is 32.1. The first kappa shape index (κ1) is 11.6. The molecule has 0 bridgehead atoms. The maximum atomic E-state index is 11.8. The Bertz CT molecular complexity index is 537. The number of nitrogens with zero attached hydrogens (tertiary/aromatic N) is 1. The lowest BCUT2D eigenvalue weighted by atomic mass is 10.2. The molecule has 1 heterocycles. The van der Waals surface area contributed by atoms with Crippen LogP contribution in [0.4, 0.5) is 0 Å². The van der Waals surface area contributed by atoms with E-state index < -0.39 is 0 Å².